The molecular weight excluding hydrogens is 515 g/mol. The lowest BCUT2D eigenvalue weighted by Gasteiger charge is -2.37. The van der Waals surface area contributed by atoms with Crippen molar-refractivity contribution in [1.82, 2.24) is 10.3 Å². The molecule has 2 amide bonds. The van der Waals surface area contributed by atoms with Gasteiger partial charge in [0.1, 0.15) is 5.82 Å². The van der Waals surface area contributed by atoms with E-state index in [0.29, 0.717) is 24.1 Å². The van der Waals surface area contributed by atoms with Gasteiger partial charge in [0.05, 0.1) is 6.61 Å². The van der Waals surface area contributed by atoms with Crippen LogP contribution in [0.1, 0.15) is 35.2 Å². The third-order valence-corrected chi connectivity index (χ3v) is 5.29. The fraction of sp³-hybridized carbons (Fsp3) is 0.348. The highest BCUT2D eigenvalue weighted by Gasteiger charge is 2.59. The van der Waals surface area contributed by atoms with E-state index in [-0.39, 0.29) is 30.2 Å². The SMILES string of the molecule is O=C(O)C(F)(F)F.O=C1Nc2cc(Cc3ccc(CO)cn3)c(F)cc2[C@@](C#CC2CC2)(C(F)(F)F)N1. The summed E-state index contributed by atoms with van der Waals surface area (Å²) in [6.45, 7) is -0.194. The number of aliphatic hydroxyl groups excluding tert-OH is 1. The van der Waals surface area contributed by atoms with Gasteiger partial charge >= 0.3 is 24.4 Å². The largest absolute Gasteiger partial charge is 0.490 e. The fourth-order valence-corrected chi connectivity index (χ4v) is 3.24. The maximum absolute atomic E-state index is 14.8. The number of aliphatic carboxylic acids is 1. The summed E-state index contributed by atoms with van der Waals surface area (Å²) in [5, 5.41) is 20.4. The van der Waals surface area contributed by atoms with Crippen LogP contribution in [0.3, 0.4) is 0 Å². The molecule has 1 aliphatic carbocycles. The Labute approximate surface area is 204 Å². The van der Waals surface area contributed by atoms with Gasteiger partial charge in [0.15, 0.2) is 0 Å². The summed E-state index contributed by atoms with van der Waals surface area (Å²) < 4.78 is 88.8. The minimum Gasteiger partial charge on any atom is -0.475 e. The van der Waals surface area contributed by atoms with Crippen molar-refractivity contribution in [2.24, 2.45) is 5.92 Å². The Hall–Kier alpha value is -3.86. The van der Waals surface area contributed by atoms with Crippen LogP contribution in [0.5, 0.6) is 0 Å². The van der Waals surface area contributed by atoms with Crippen LogP contribution in [0.2, 0.25) is 0 Å². The van der Waals surface area contributed by atoms with E-state index in [0.717, 1.165) is 6.07 Å². The van der Waals surface area contributed by atoms with E-state index in [9.17, 15) is 35.5 Å². The smallest absolute Gasteiger partial charge is 0.475 e. The first-order valence-corrected chi connectivity index (χ1v) is 10.5. The molecule has 37 heavy (non-hydrogen) atoms. The summed E-state index contributed by atoms with van der Waals surface area (Å²) in [7, 11) is 0. The van der Waals surface area contributed by atoms with E-state index in [1.807, 2.05) is 5.32 Å². The number of carbonyl (C=O) groups is 2. The van der Waals surface area contributed by atoms with Crippen LogP contribution in [0.15, 0.2) is 30.5 Å². The van der Waals surface area contributed by atoms with Crippen molar-refractivity contribution >= 4 is 17.7 Å². The van der Waals surface area contributed by atoms with Gasteiger partial charge in [0.25, 0.3) is 0 Å². The lowest BCUT2D eigenvalue weighted by molar-refractivity contribution is -0.192. The van der Waals surface area contributed by atoms with Crippen LogP contribution in [-0.4, -0.2) is 39.6 Å². The first kappa shape index (κ1) is 27.7. The maximum atomic E-state index is 14.8. The van der Waals surface area contributed by atoms with Crippen LogP contribution in [0, 0.1) is 23.6 Å². The molecule has 0 bridgehead atoms. The molecule has 1 aliphatic heterocycles. The fourth-order valence-electron chi connectivity index (χ4n) is 3.24. The predicted molar refractivity (Wildman–Crippen MR) is 113 cm³/mol. The number of carboxylic acids is 1. The molecule has 2 aliphatic rings. The first-order valence-electron chi connectivity index (χ1n) is 10.5. The molecule has 0 spiro atoms. The molecular formula is C23H18F7N3O4. The molecule has 0 saturated heterocycles. The van der Waals surface area contributed by atoms with Crippen molar-refractivity contribution in [3.63, 3.8) is 0 Å². The Bertz CT molecular complexity index is 1250. The van der Waals surface area contributed by atoms with Gasteiger partial charge < -0.3 is 20.8 Å². The number of rotatable bonds is 3. The average Bonchev–Trinajstić information content (AvgIpc) is 3.62. The van der Waals surface area contributed by atoms with Crippen molar-refractivity contribution in [2.45, 2.75) is 43.8 Å². The van der Waals surface area contributed by atoms with Crippen molar-refractivity contribution < 1.29 is 50.5 Å². The van der Waals surface area contributed by atoms with Crippen molar-refractivity contribution in [1.29, 1.82) is 0 Å². The van der Waals surface area contributed by atoms with Gasteiger partial charge in [-0.15, -0.1) is 0 Å². The number of halogens is 7. The zero-order valence-electron chi connectivity index (χ0n) is 18.6. The second-order valence-electron chi connectivity index (χ2n) is 8.16. The third kappa shape index (κ3) is 6.48. The number of carbonyl (C=O) groups excluding carboxylic acids is 1. The molecule has 1 aromatic heterocycles. The zero-order valence-corrected chi connectivity index (χ0v) is 18.6. The Morgan fingerprint density at radius 2 is 1.81 bits per heavy atom. The number of hydrogen-bond acceptors (Lipinski definition) is 4. The van der Waals surface area contributed by atoms with Crippen LogP contribution in [0.4, 0.5) is 41.2 Å². The summed E-state index contributed by atoms with van der Waals surface area (Å²) in [4.78, 5) is 25.1. The summed E-state index contributed by atoms with van der Waals surface area (Å²) in [5.41, 5.74) is -2.49. The van der Waals surface area contributed by atoms with Crippen molar-refractivity contribution in [3.8, 4) is 11.8 Å². The number of pyridine rings is 1. The van der Waals surface area contributed by atoms with Gasteiger partial charge in [-0.1, -0.05) is 17.9 Å². The Morgan fingerprint density at radius 3 is 2.30 bits per heavy atom. The van der Waals surface area contributed by atoms with Crippen LogP contribution in [-0.2, 0) is 23.4 Å². The van der Waals surface area contributed by atoms with Gasteiger partial charge in [-0.05, 0) is 42.2 Å². The number of fused-ring (bicyclic) bond motifs is 1. The molecule has 14 heteroatoms. The second kappa shape index (κ2) is 10.3. The number of benzene rings is 1. The first-order chi connectivity index (χ1) is 17.2. The number of anilines is 1. The van der Waals surface area contributed by atoms with Gasteiger partial charge in [0, 0.05) is 35.5 Å². The zero-order chi connectivity index (χ0) is 27.6. The van der Waals surface area contributed by atoms with Crippen LogP contribution in [0.25, 0.3) is 0 Å². The van der Waals surface area contributed by atoms with E-state index in [1.165, 1.54) is 12.3 Å². The van der Waals surface area contributed by atoms with Crippen LogP contribution >= 0.6 is 0 Å². The third-order valence-electron chi connectivity index (χ3n) is 5.29. The summed E-state index contributed by atoms with van der Waals surface area (Å²) >= 11 is 0. The number of urea groups is 1. The number of amides is 2. The Morgan fingerprint density at radius 1 is 1.16 bits per heavy atom. The van der Waals surface area contributed by atoms with Crippen molar-refractivity contribution in [2.75, 3.05) is 5.32 Å². The average molecular weight is 533 g/mol. The van der Waals surface area contributed by atoms with Crippen molar-refractivity contribution in [3.05, 3.63) is 58.7 Å². The minimum absolute atomic E-state index is 0.000884. The number of alkyl halides is 6. The highest BCUT2D eigenvalue weighted by atomic mass is 19.4. The highest BCUT2D eigenvalue weighted by Crippen LogP contribution is 2.45. The molecule has 1 fully saturated rings. The molecule has 4 rings (SSSR count). The van der Waals surface area contributed by atoms with E-state index < -0.39 is 41.3 Å². The standard InChI is InChI=1S/C21H17F4N3O2.C2HF3O2/c22-17-9-16-18(8-14(17)7-15-4-3-13(11-29)10-26-15)27-19(30)28-20(16,21(23,24)25)6-5-12-1-2-12;3-2(4,5)1(6)7/h3-4,8-10,12,29H,1-2,7,11H2,(H2,27,28,30);(H,6,7)/t20-;/m0./s1. The summed E-state index contributed by atoms with van der Waals surface area (Å²) in [6, 6.07) is 4.10. The van der Waals surface area contributed by atoms with Gasteiger partial charge in [-0.3, -0.25) is 4.98 Å². The molecule has 198 valence electrons. The number of carboxylic acid groups (broad SMARTS) is 1. The predicted octanol–water partition coefficient (Wildman–Crippen LogP) is 4.24. The molecule has 0 radical (unpaired) electrons. The van der Waals surface area contributed by atoms with Gasteiger partial charge in [-0.25, -0.2) is 14.0 Å². The quantitative estimate of drug-likeness (QED) is 0.349. The number of nitrogens with one attached hydrogen (secondary N) is 2. The molecule has 1 saturated carbocycles. The molecule has 7 nitrogen and oxygen atoms in total. The Balaban J connectivity index is 0.000000479. The van der Waals surface area contributed by atoms with Gasteiger partial charge in [-0.2, -0.15) is 26.3 Å². The maximum Gasteiger partial charge on any atom is 0.490 e. The topological polar surface area (TPSA) is 112 Å². The Kier molecular flexibility index (Phi) is 7.68. The van der Waals surface area contributed by atoms with Gasteiger partial charge in [0.2, 0.25) is 5.54 Å². The van der Waals surface area contributed by atoms with Crippen LogP contribution < -0.4 is 10.6 Å². The number of aliphatic hydroxyl groups is 1. The second-order valence-corrected chi connectivity index (χ2v) is 8.16. The molecule has 1 aromatic carbocycles. The number of hydrogen-bond donors (Lipinski definition) is 4. The minimum atomic E-state index is -5.08. The molecule has 2 aromatic rings. The van der Waals surface area contributed by atoms with E-state index in [2.05, 4.69) is 22.1 Å². The summed E-state index contributed by atoms with van der Waals surface area (Å²) in [5.74, 6) is 0.979. The monoisotopic (exact) mass is 533 g/mol. The lowest BCUT2D eigenvalue weighted by Crippen LogP contribution is -2.59. The van der Waals surface area contributed by atoms with E-state index in [1.54, 1.807) is 12.1 Å². The molecule has 0 unspecified atom stereocenters. The van der Waals surface area contributed by atoms with E-state index >= 15 is 0 Å². The molecule has 1 atom stereocenters. The molecule has 2 heterocycles. The molecule has 4 N–H and O–H groups in total. The normalized spacial score (nSPS) is 18.8. The lowest BCUT2D eigenvalue weighted by atomic mass is 9.85. The highest BCUT2D eigenvalue weighted by molar-refractivity contribution is 5.95. The number of aromatic nitrogens is 1. The van der Waals surface area contributed by atoms with E-state index in [4.69, 9.17) is 15.0 Å². The summed E-state index contributed by atoms with van der Waals surface area (Å²) in [6.07, 6.45) is -7.19. The number of nitrogens with zero attached hydrogens (tertiary/aromatic N) is 1.